The lowest BCUT2D eigenvalue weighted by molar-refractivity contribution is -0.158. The zero-order valence-electron chi connectivity index (χ0n) is 11.5. The van der Waals surface area contributed by atoms with Crippen molar-refractivity contribution in [1.82, 2.24) is 4.90 Å². The number of carboxylic acids is 1. The number of nitrogens with zero attached hydrogens (tertiary/aromatic N) is 1. The Morgan fingerprint density at radius 1 is 1.22 bits per heavy atom. The quantitative estimate of drug-likeness (QED) is 0.838. The fourth-order valence-electron chi connectivity index (χ4n) is 4.19. The van der Waals surface area contributed by atoms with E-state index in [1.807, 2.05) is 0 Å². The molecule has 0 aromatic heterocycles. The van der Waals surface area contributed by atoms with Gasteiger partial charge in [-0.1, -0.05) is 13.3 Å². The second-order valence-electron chi connectivity index (χ2n) is 7.27. The molecule has 3 aliphatic rings. The normalized spacial score (nSPS) is 39.1. The third-order valence-electron chi connectivity index (χ3n) is 5.74. The van der Waals surface area contributed by atoms with E-state index in [4.69, 9.17) is 0 Å². The van der Waals surface area contributed by atoms with Gasteiger partial charge in [0.15, 0.2) is 0 Å². The molecule has 0 radical (unpaired) electrons. The molecule has 1 saturated heterocycles. The molecule has 3 heteroatoms. The van der Waals surface area contributed by atoms with Crippen molar-refractivity contribution in [2.45, 2.75) is 51.9 Å². The van der Waals surface area contributed by atoms with Gasteiger partial charge in [0.25, 0.3) is 0 Å². The van der Waals surface area contributed by atoms with Crippen molar-refractivity contribution in [3.8, 4) is 0 Å². The third kappa shape index (κ3) is 1.97. The summed E-state index contributed by atoms with van der Waals surface area (Å²) in [6, 6.07) is 0. The van der Waals surface area contributed by atoms with Crippen LogP contribution in [-0.4, -0.2) is 35.6 Å². The van der Waals surface area contributed by atoms with E-state index in [1.54, 1.807) is 0 Å². The summed E-state index contributed by atoms with van der Waals surface area (Å²) in [4.78, 5) is 14.1. The Morgan fingerprint density at radius 3 is 2.28 bits per heavy atom. The highest BCUT2D eigenvalue weighted by Crippen LogP contribution is 2.50. The number of hydrogen-bond acceptors (Lipinski definition) is 2. The Hall–Kier alpha value is -0.570. The predicted octanol–water partition coefficient (Wildman–Crippen LogP) is 2.75. The number of carbonyl (C=O) groups is 1. The molecule has 1 aliphatic heterocycles. The molecule has 0 unspecified atom stereocenters. The molecule has 2 saturated carbocycles. The fourth-order valence-corrected chi connectivity index (χ4v) is 4.19. The lowest BCUT2D eigenvalue weighted by Crippen LogP contribution is -2.62. The van der Waals surface area contributed by atoms with E-state index in [9.17, 15) is 9.90 Å². The Kier molecular flexibility index (Phi) is 2.92. The van der Waals surface area contributed by atoms with Crippen LogP contribution in [0.3, 0.4) is 0 Å². The molecule has 0 bridgehead atoms. The number of rotatable bonds is 3. The molecule has 3 rings (SSSR count). The first-order chi connectivity index (χ1) is 8.54. The minimum absolute atomic E-state index is 0.433. The number of carboxylic acid groups (broad SMARTS) is 1. The molecule has 1 spiro atoms. The van der Waals surface area contributed by atoms with E-state index in [0.29, 0.717) is 11.3 Å². The highest BCUT2D eigenvalue weighted by atomic mass is 16.4. The summed E-state index contributed by atoms with van der Waals surface area (Å²) >= 11 is 0. The molecule has 0 aromatic carbocycles. The van der Waals surface area contributed by atoms with Gasteiger partial charge in [0, 0.05) is 19.6 Å². The van der Waals surface area contributed by atoms with Crippen molar-refractivity contribution in [3.05, 3.63) is 0 Å². The van der Waals surface area contributed by atoms with Gasteiger partial charge < -0.3 is 10.0 Å². The molecule has 102 valence electrons. The molecule has 0 amide bonds. The maximum absolute atomic E-state index is 11.7. The van der Waals surface area contributed by atoms with E-state index in [-0.39, 0.29) is 0 Å². The molecule has 0 atom stereocenters. The zero-order valence-corrected chi connectivity index (χ0v) is 11.5. The second kappa shape index (κ2) is 4.22. The van der Waals surface area contributed by atoms with Crippen molar-refractivity contribution < 1.29 is 9.90 Å². The number of likely N-dealkylation sites (tertiary alicyclic amines) is 1. The molecule has 18 heavy (non-hydrogen) atoms. The molecular weight excluding hydrogens is 226 g/mol. The van der Waals surface area contributed by atoms with Crippen LogP contribution in [0.1, 0.15) is 51.9 Å². The lowest BCUT2D eigenvalue weighted by atomic mass is 9.62. The standard InChI is InChI=1S/C15H25NO2/c1-12-3-7-15(8-4-12,13(17)18)11-16-9-14(10-16)5-2-6-14/h12H,2-11H2,1H3,(H,17,18). The molecule has 3 nitrogen and oxygen atoms in total. The monoisotopic (exact) mass is 251 g/mol. The van der Waals surface area contributed by atoms with E-state index < -0.39 is 11.4 Å². The summed E-state index contributed by atoms with van der Waals surface area (Å²) in [6.07, 6.45) is 8.08. The van der Waals surface area contributed by atoms with Crippen molar-refractivity contribution in [3.63, 3.8) is 0 Å². The van der Waals surface area contributed by atoms with Crippen LogP contribution in [0.5, 0.6) is 0 Å². The molecule has 3 fully saturated rings. The smallest absolute Gasteiger partial charge is 0.310 e. The lowest BCUT2D eigenvalue weighted by Gasteiger charge is -2.58. The van der Waals surface area contributed by atoms with Gasteiger partial charge in [0.1, 0.15) is 0 Å². The van der Waals surface area contributed by atoms with Crippen LogP contribution in [0.25, 0.3) is 0 Å². The van der Waals surface area contributed by atoms with E-state index >= 15 is 0 Å². The van der Waals surface area contributed by atoms with Crippen LogP contribution in [0.2, 0.25) is 0 Å². The topological polar surface area (TPSA) is 40.5 Å². The van der Waals surface area contributed by atoms with Crippen molar-refractivity contribution in [2.75, 3.05) is 19.6 Å². The maximum atomic E-state index is 11.7. The van der Waals surface area contributed by atoms with E-state index in [1.165, 1.54) is 19.3 Å². The van der Waals surface area contributed by atoms with Crippen LogP contribution in [0, 0.1) is 16.7 Å². The van der Waals surface area contributed by atoms with Gasteiger partial charge >= 0.3 is 5.97 Å². The Bertz CT molecular complexity index is 332. The Labute approximate surface area is 110 Å². The fraction of sp³-hybridized carbons (Fsp3) is 0.933. The van der Waals surface area contributed by atoms with Crippen molar-refractivity contribution >= 4 is 5.97 Å². The zero-order chi connectivity index (χ0) is 12.8. The largest absolute Gasteiger partial charge is 0.481 e. The maximum Gasteiger partial charge on any atom is 0.310 e. The summed E-state index contributed by atoms with van der Waals surface area (Å²) in [6.45, 7) is 5.38. The van der Waals surface area contributed by atoms with Gasteiger partial charge in [-0.3, -0.25) is 4.79 Å². The first-order valence-corrected chi connectivity index (χ1v) is 7.50. The first kappa shape index (κ1) is 12.5. The van der Waals surface area contributed by atoms with Gasteiger partial charge in [-0.2, -0.15) is 0 Å². The average Bonchev–Trinajstić information content (AvgIpc) is 2.23. The van der Waals surface area contributed by atoms with Gasteiger partial charge in [0.2, 0.25) is 0 Å². The van der Waals surface area contributed by atoms with E-state index in [2.05, 4.69) is 11.8 Å². The van der Waals surface area contributed by atoms with Gasteiger partial charge in [-0.05, 0) is 49.9 Å². The first-order valence-electron chi connectivity index (χ1n) is 7.50. The number of aliphatic carboxylic acids is 1. The Balaban J connectivity index is 1.59. The van der Waals surface area contributed by atoms with Crippen LogP contribution in [0.4, 0.5) is 0 Å². The summed E-state index contributed by atoms with van der Waals surface area (Å²) < 4.78 is 0. The van der Waals surface area contributed by atoms with Gasteiger partial charge in [-0.15, -0.1) is 0 Å². The second-order valence-corrected chi connectivity index (χ2v) is 7.27. The predicted molar refractivity (Wildman–Crippen MR) is 70.4 cm³/mol. The van der Waals surface area contributed by atoms with Gasteiger partial charge in [0.05, 0.1) is 5.41 Å². The minimum Gasteiger partial charge on any atom is -0.481 e. The average molecular weight is 251 g/mol. The van der Waals surface area contributed by atoms with Crippen molar-refractivity contribution in [2.24, 2.45) is 16.7 Å². The highest BCUT2D eigenvalue weighted by molar-refractivity contribution is 5.75. The van der Waals surface area contributed by atoms with Gasteiger partial charge in [-0.25, -0.2) is 0 Å². The Morgan fingerprint density at radius 2 is 1.83 bits per heavy atom. The van der Waals surface area contributed by atoms with Crippen LogP contribution >= 0.6 is 0 Å². The SMILES string of the molecule is CC1CCC(CN2CC3(CCC3)C2)(C(=O)O)CC1. The molecule has 0 aromatic rings. The molecule has 2 aliphatic carbocycles. The summed E-state index contributed by atoms with van der Waals surface area (Å²) in [5.41, 5.74) is 0.180. The summed E-state index contributed by atoms with van der Waals surface area (Å²) in [7, 11) is 0. The molecular formula is C15H25NO2. The van der Waals surface area contributed by atoms with Crippen LogP contribution < -0.4 is 0 Å². The number of hydrogen-bond donors (Lipinski definition) is 1. The van der Waals surface area contributed by atoms with E-state index in [0.717, 1.165) is 45.3 Å². The molecule has 1 N–H and O–H groups in total. The third-order valence-corrected chi connectivity index (χ3v) is 5.74. The summed E-state index contributed by atoms with van der Waals surface area (Å²) in [5, 5.41) is 9.62. The molecule has 1 heterocycles. The van der Waals surface area contributed by atoms with Crippen LogP contribution in [0.15, 0.2) is 0 Å². The minimum atomic E-state index is -0.552. The van der Waals surface area contributed by atoms with Crippen LogP contribution in [-0.2, 0) is 4.79 Å². The highest BCUT2D eigenvalue weighted by Gasteiger charge is 2.51. The summed E-state index contributed by atoms with van der Waals surface area (Å²) in [5.74, 6) is 0.163. The van der Waals surface area contributed by atoms with Crippen molar-refractivity contribution in [1.29, 1.82) is 0 Å².